The number of rotatable bonds is 8. The summed E-state index contributed by atoms with van der Waals surface area (Å²) in [6.07, 6.45) is 2.64. The zero-order valence-electron chi connectivity index (χ0n) is 13.1. The van der Waals surface area contributed by atoms with Gasteiger partial charge in [-0.05, 0) is 12.1 Å². The molecule has 0 spiro atoms. The topological polar surface area (TPSA) is 102 Å². The third-order valence-electron chi connectivity index (χ3n) is 3.13. The van der Waals surface area contributed by atoms with Crippen molar-refractivity contribution in [1.29, 1.82) is 0 Å². The predicted octanol–water partition coefficient (Wildman–Crippen LogP) is -0.296. The van der Waals surface area contributed by atoms with Crippen LogP contribution in [0.2, 0.25) is 0 Å². The number of nitrogens with zero attached hydrogens (tertiary/aromatic N) is 2. The molecule has 0 aliphatic rings. The minimum absolute atomic E-state index is 0.0999. The molecule has 1 amide bonds. The fourth-order valence-corrected chi connectivity index (χ4v) is 2.86. The molecule has 0 unspecified atom stereocenters. The molecule has 2 rings (SSSR count). The van der Waals surface area contributed by atoms with Gasteiger partial charge in [0.05, 0.1) is 12.1 Å². The summed E-state index contributed by atoms with van der Waals surface area (Å²) in [6, 6.07) is 5.07. The van der Waals surface area contributed by atoms with Gasteiger partial charge in [0.25, 0.3) is 5.91 Å². The van der Waals surface area contributed by atoms with Crippen LogP contribution >= 0.6 is 0 Å². The Morgan fingerprint density at radius 1 is 1.30 bits per heavy atom. The zero-order valence-corrected chi connectivity index (χ0v) is 13.9. The second-order valence-corrected chi connectivity index (χ2v) is 6.88. The predicted molar refractivity (Wildman–Crippen MR) is 85.4 cm³/mol. The summed E-state index contributed by atoms with van der Waals surface area (Å²) in [6.45, 7) is 2.28. The standard InChI is InChI=1S/C14H20N4O4S/c1-22-10-8-15-6-7-16-13(19)12-11-5-3-4-9-18(11)14(17-12)23(2,20)21/h3-5,9,15H,6-8,10H2,1-2H3,(H,16,19). The largest absolute Gasteiger partial charge is 0.383 e. The Morgan fingerprint density at radius 3 is 2.78 bits per heavy atom. The number of aromatic nitrogens is 2. The number of pyridine rings is 1. The molecule has 0 aliphatic heterocycles. The van der Waals surface area contributed by atoms with Crippen molar-refractivity contribution in [1.82, 2.24) is 20.0 Å². The minimum Gasteiger partial charge on any atom is -0.383 e. The Morgan fingerprint density at radius 2 is 2.09 bits per heavy atom. The van der Waals surface area contributed by atoms with Gasteiger partial charge >= 0.3 is 0 Å². The van der Waals surface area contributed by atoms with Gasteiger partial charge in [0, 0.05) is 39.2 Å². The first-order valence-electron chi connectivity index (χ1n) is 7.10. The molecule has 126 valence electrons. The van der Waals surface area contributed by atoms with Crippen molar-refractivity contribution in [2.75, 3.05) is 39.6 Å². The number of hydrogen-bond acceptors (Lipinski definition) is 6. The van der Waals surface area contributed by atoms with E-state index in [1.54, 1.807) is 31.5 Å². The van der Waals surface area contributed by atoms with Crippen LogP contribution in [0.15, 0.2) is 29.6 Å². The molecule has 9 heteroatoms. The van der Waals surface area contributed by atoms with Gasteiger partial charge in [0.1, 0.15) is 0 Å². The van der Waals surface area contributed by atoms with Gasteiger partial charge in [-0.15, -0.1) is 0 Å². The highest BCUT2D eigenvalue weighted by Crippen LogP contribution is 2.16. The molecule has 2 heterocycles. The van der Waals surface area contributed by atoms with Crippen LogP contribution in [0, 0.1) is 0 Å². The van der Waals surface area contributed by atoms with Crippen LogP contribution in [0.5, 0.6) is 0 Å². The molecule has 23 heavy (non-hydrogen) atoms. The number of carbonyl (C=O) groups is 1. The molecule has 0 aromatic carbocycles. The summed E-state index contributed by atoms with van der Waals surface area (Å²) < 4.78 is 29.9. The van der Waals surface area contributed by atoms with Gasteiger partial charge in [-0.3, -0.25) is 9.20 Å². The molecule has 0 atom stereocenters. The van der Waals surface area contributed by atoms with E-state index in [9.17, 15) is 13.2 Å². The van der Waals surface area contributed by atoms with Crippen molar-refractivity contribution in [2.24, 2.45) is 0 Å². The number of sulfone groups is 1. The fourth-order valence-electron chi connectivity index (χ4n) is 2.09. The number of carbonyl (C=O) groups excluding carboxylic acids is 1. The van der Waals surface area contributed by atoms with Crippen LogP contribution in [-0.2, 0) is 14.6 Å². The molecular weight excluding hydrogens is 320 g/mol. The molecule has 2 N–H and O–H groups in total. The van der Waals surface area contributed by atoms with Crippen molar-refractivity contribution in [3.05, 3.63) is 30.1 Å². The Balaban J connectivity index is 2.12. The highest BCUT2D eigenvalue weighted by atomic mass is 32.2. The average Bonchev–Trinajstić information content (AvgIpc) is 2.90. The van der Waals surface area contributed by atoms with E-state index in [1.807, 2.05) is 0 Å². The van der Waals surface area contributed by atoms with Gasteiger partial charge in [-0.25, -0.2) is 13.4 Å². The normalized spacial score (nSPS) is 11.7. The Kier molecular flexibility index (Phi) is 5.69. The first kappa shape index (κ1) is 17.4. The van der Waals surface area contributed by atoms with Crippen LogP contribution in [0.25, 0.3) is 5.52 Å². The maximum Gasteiger partial charge on any atom is 0.272 e. The smallest absolute Gasteiger partial charge is 0.272 e. The Bertz CT molecular complexity index is 785. The number of methoxy groups -OCH3 is 1. The molecular formula is C14H20N4O4S. The summed E-state index contributed by atoms with van der Waals surface area (Å²) in [5.74, 6) is -0.405. The Labute approximate surface area is 134 Å². The molecule has 0 aliphatic carbocycles. The van der Waals surface area contributed by atoms with E-state index in [-0.39, 0.29) is 10.9 Å². The first-order valence-corrected chi connectivity index (χ1v) is 8.99. The van der Waals surface area contributed by atoms with Crippen LogP contribution in [-0.4, -0.2) is 63.3 Å². The molecule has 0 radical (unpaired) electrons. The quantitative estimate of drug-likeness (QED) is 0.640. The zero-order chi connectivity index (χ0) is 16.9. The SMILES string of the molecule is COCCNCCNC(=O)c1nc(S(C)(=O)=O)n2ccccc12. The molecule has 0 saturated heterocycles. The number of imidazole rings is 1. The lowest BCUT2D eigenvalue weighted by atomic mass is 10.3. The van der Waals surface area contributed by atoms with Gasteiger partial charge in [-0.2, -0.15) is 0 Å². The summed E-state index contributed by atoms with van der Waals surface area (Å²) in [7, 11) is -1.91. The molecule has 2 aromatic heterocycles. The second kappa shape index (κ2) is 7.53. The molecule has 8 nitrogen and oxygen atoms in total. The van der Waals surface area contributed by atoms with E-state index in [2.05, 4.69) is 15.6 Å². The van der Waals surface area contributed by atoms with E-state index in [4.69, 9.17) is 4.74 Å². The van der Waals surface area contributed by atoms with E-state index in [0.29, 0.717) is 31.8 Å². The first-order chi connectivity index (χ1) is 10.9. The van der Waals surface area contributed by atoms with Crippen molar-refractivity contribution >= 4 is 21.3 Å². The summed E-state index contributed by atoms with van der Waals surface area (Å²) in [4.78, 5) is 16.3. The van der Waals surface area contributed by atoms with Crippen molar-refractivity contribution in [2.45, 2.75) is 5.16 Å². The van der Waals surface area contributed by atoms with E-state index in [1.165, 1.54) is 4.40 Å². The van der Waals surface area contributed by atoms with Crippen molar-refractivity contribution < 1.29 is 17.9 Å². The van der Waals surface area contributed by atoms with Gasteiger partial charge < -0.3 is 15.4 Å². The van der Waals surface area contributed by atoms with E-state index in [0.717, 1.165) is 6.26 Å². The van der Waals surface area contributed by atoms with Crippen LogP contribution in [0.3, 0.4) is 0 Å². The minimum atomic E-state index is -3.53. The molecule has 0 fully saturated rings. The van der Waals surface area contributed by atoms with Crippen molar-refractivity contribution in [3.8, 4) is 0 Å². The monoisotopic (exact) mass is 340 g/mol. The van der Waals surface area contributed by atoms with Gasteiger partial charge in [0.15, 0.2) is 5.69 Å². The number of fused-ring (bicyclic) bond motifs is 1. The highest BCUT2D eigenvalue weighted by Gasteiger charge is 2.22. The number of nitrogens with one attached hydrogen (secondary N) is 2. The van der Waals surface area contributed by atoms with Gasteiger partial charge in [0.2, 0.25) is 15.0 Å². The molecule has 0 saturated carbocycles. The Hall–Kier alpha value is -1.97. The number of amides is 1. The second-order valence-electron chi connectivity index (χ2n) is 4.97. The maximum atomic E-state index is 12.3. The number of hydrogen-bond donors (Lipinski definition) is 2. The van der Waals surface area contributed by atoms with E-state index >= 15 is 0 Å². The van der Waals surface area contributed by atoms with Crippen LogP contribution < -0.4 is 10.6 Å². The lowest BCUT2D eigenvalue weighted by Gasteiger charge is -2.05. The maximum absolute atomic E-state index is 12.3. The summed E-state index contributed by atoms with van der Waals surface area (Å²) >= 11 is 0. The van der Waals surface area contributed by atoms with E-state index < -0.39 is 15.7 Å². The lowest BCUT2D eigenvalue weighted by Crippen LogP contribution is -2.33. The van der Waals surface area contributed by atoms with Crippen molar-refractivity contribution in [3.63, 3.8) is 0 Å². The van der Waals surface area contributed by atoms with Gasteiger partial charge in [-0.1, -0.05) is 6.07 Å². The number of ether oxygens (including phenoxy) is 1. The fraction of sp³-hybridized carbons (Fsp3) is 0.429. The van der Waals surface area contributed by atoms with Crippen LogP contribution in [0.1, 0.15) is 10.5 Å². The average molecular weight is 340 g/mol. The summed E-state index contributed by atoms with van der Waals surface area (Å²) in [5.41, 5.74) is 0.556. The highest BCUT2D eigenvalue weighted by molar-refractivity contribution is 7.90. The third kappa shape index (κ3) is 4.27. The molecule has 0 bridgehead atoms. The lowest BCUT2D eigenvalue weighted by molar-refractivity contribution is 0.0950. The molecule has 2 aromatic rings. The summed E-state index contributed by atoms with van der Waals surface area (Å²) in [5, 5.41) is 5.68. The third-order valence-corrected chi connectivity index (χ3v) is 4.08. The van der Waals surface area contributed by atoms with Crippen LogP contribution in [0.4, 0.5) is 0 Å².